The molecular formula is C7H11BrN4O2S. The maximum atomic E-state index is 11.5. The SMILES string of the molecule is CN(C)S(=O)(=O)Nc1ncc(N)cc1Br. The van der Waals surface area contributed by atoms with E-state index in [0.29, 0.717) is 10.2 Å². The van der Waals surface area contributed by atoms with Gasteiger partial charge in [-0.2, -0.15) is 12.7 Å². The number of nitrogens with one attached hydrogen (secondary N) is 1. The summed E-state index contributed by atoms with van der Waals surface area (Å²) in [5, 5.41) is 0. The topological polar surface area (TPSA) is 88.3 Å². The minimum atomic E-state index is -3.54. The lowest BCUT2D eigenvalue weighted by atomic mass is 10.4. The van der Waals surface area contributed by atoms with E-state index in [9.17, 15) is 8.42 Å². The minimum Gasteiger partial charge on any atom is -0.397 e. The van der Waals surface area contributed by atoms with Crippen molar-refractivity contribution >= 4 is 37.6 Å². The molecule has 15 heavy (non-hydrogen) atoms. The summed E-state index contributed by atoms with van der Waals surface area (Å²) >= 11 is 3.16. The molecule has 1 rings (SSSR count). The van der Waals surface area contributed by atoms with Crippen LogP contribution in [0.15, 0.2) is 16.7 Å². The van der Waals surface area contributed by atoms with Crippen LogP contribution in [0.25, 0.3) is 0 Å². The molecule has 84 valence electrons. The number of hydrogen-bond donors (Lipinski definition) is 2. The number of rotatable bonds is 3. The largest absolute Gasteiger partial charge is 0.397 e. The molecule has 0 saturated heterocycles. The van der Waals surface area contributed by atoms with Crippen molar-refractivity contribution in [3.05, 3.63) is 16.7 Å². The van der Waals surface area contributed by atoms with E-state index >= 15 is 0 Å². The molecule has 3 N–H and O–H groups in total. The molecular weight excluding hydrogens is 284 g/mol. The fraction of sp³-hybridized carbons (Fsp3) is 0.286. The summed E-state index contributed by atoms with van der Waals surface area (Å²) in [7, 11) is -0.688. The summed E-state index contributed by atoms with van der Waals surface area (Å²) in [4.78, 5) is 3.86. The van der Waals surface area contributed by atoms with Gasteiger partial charge in [-0.3, -0.25) is 4.72 Å². The van der Waals surface area contributed by atoms with Crippen LogP contribution in [-0.2, 0) is 10.2 Å². The lowest BCUT2D eigenvalue weighted by Crippen LogP contribution is -2.29. The molecule has 1 aromatic heterocycles. The van der Waals surface area contributed by atoms with Crippen molar-refractivity contribution in [2.45, 2.75) is 0 Å². The Labute approximate surface area is 96.8 Å². The average molecular weight is 295 g/mol. The third-order valence-corrected chi connectivity index (χ3v) is 3.59. The third-order valence-electron chi connectivity index (χ3n) is 1.57. The van der Waals surface area contributed by atoms with E-state index in [1.165, 1.54) is 20.3 Å². The van der Waals surface area contributed by atoms with Gasteiger partial charge in [0, 0.05) is 14.1 Å². The van der Waals surface area contributed by atoms with E-state index in [2.05, 4.69) is 25.6 Å². The van der Waals surface area contributed by atoms with Crippen LogP contribution >= 0.6 is 15.9 Å². The number of nitrogen functional groups attached to an aromatic ring is 1. The number of pyridine rings is 1. The predicted octanol–water partition coefficient (Wildman–Crippen LogP) is 0.645. The van der Waals surface area contributed by atoms with Crippen molar-refractivity contribution in [3.63, 3.8) is 0 Å². The highest BCUT2D eigenvalue weighted by Crippen LogP contribution is 2.22. The molecule has 0 bridgehead atoms. The van der Waals surface area contributed by atoms with Crippen LogP contribution in [0.2, 0.25) is 0 Å². The first-order valence-corrected chi connectivity index (χ1v) is 6.17. The quantitative estimate of drug-likeness (QED) is 0.856. The summed E-state index contributed by atoms with van der Waals surface area (Å²) in [6, 6.07) is 1.57. The van der Waals surface area contributed by atoms with Crippen LogP contribution in [0.4, 0.5) is 11.5 Å². The Morgan fingerprint density at radius 3 is 2.60 bits per heavy atom. The Morgan fingerprint density at radius 1 is 1.53 bits per heavy atom. The van der Waals surface area contributed by atoms with Gasteiger partial charge < -0.3 is 5.73 Å². The number of aromatic nitrogens is 1. The monoisotopic (exact) mass is 294 g/mol. The van der Waals surface area contributed by atoms with Crippen molar-refractivity contribution in [1.29, 1.82) is 0 Å². The van der Waals surface area contributed by atoms with Crippen molar-refractivity contribution in [2.75, 3.05) is 24.6 Å². The lowest BCUT2D eigenvalue weighted by Gasteiger charge is -2.13. The van der Waals surface area contributed by atoms with Gasteiger partial charge in [0.1, 0.15) is 0 Å². The highest BCUT2D eigenvalue weighted by Gasteiger charge is 2.15. The van der Waals surface area contributed by atoms with Gasteiger partial charge in [-0.1, -0.05) is 0 Å². The zero-order chi connectivity index (χ0) is 11.6. The third kappa shape index (κ3) is 3.05. The van der Waals surface area contributed by atoms with Gasteiger partial charge in [0.2, 0.25) is 0 Å². The first kappa shape index (κ1) is 12.2. The summed E-state index contributed by atoms with van der Waals surface area (Å²) in [5.74, 6) is 0.206. The number of anilines is 2. The normalized spacial score (nSPS) is 11.7. The second-order valence-corrected chi connectivity index (χ2v) is 5.73. The highest BCUT2D eigenvalue weighted by atomic mass is 79.9. The van der Waals surface area contributed by atoms with E-state index < -0.39 is 10.2 Å². The van der Waals surface area contributed by atoms with Gasteiger partial charge >= 0.3 is 10.2 Å². The van der Waals surface area contributed by atoms with E-state index in [1.54, 1.807) is 6.07 Å². The van der Waals surface area contributed by atoms with Gasteiger partial charge in [0.05, 0.1) is 16.4 Å². The molecule has 0 radical (unpaired) electrons. The maximum absolute atomic E-state index is 11.5. The van der Waals surface area contributed by atoms with Crippen LogP contribution in [0.1, 0.15) is 0 Å². The van der Waals surface area contributed by atoms with E-state index in [0.717, 1.165) is 4.31 Å². The highest BCUT2D eigenvalue weighted by molar-refractivity contribution is 9.10. The Balaban J connectivity index is 3.01. The second-order valence-electron chi connectivity index (χ2n) is 2.99. The zero-order valence-electron chi connectivity index (χ0n) is 8.23. The number of nitrogens with two attached hydrogens (primary N) is 1. The molecule has 0 aromatic carbocycles. The Hall–Kier alpha value is -0.860. The number of halogens is 1. The first-order valence-electron chi connectivity index (χ1n) is 3.94. The van der Waals surface area contributed by atoms with E-state index in [-0.39, 0.29) is 5.82 Å². The van der Waals surface area contributed by atoms with Crippen molar-refractivity contribution in [2.24, 2.45) is 0 Å². The fourth-order valence-corrected chi connectivity index (χ4v) is 1.93. The standard InChI is InChI=1S/C7H11BrN4O2S/c1-12(2)15(13,14)11-7-6(8)3-5(9)4-10-7/h3-4H,9H2,1-2H3,(H,10,11). The molecule has 6 nitrogen and oxygen atoms in total. The van der Waals surface area contributed by atoms with Crippen LogP contribution in [0.3, 0.4) is 0 Å². The molecule has 1 aromatic rings. The smallest absolute Gasteiger partial charge is 0.302 e. The molecule has 0 saturated carbocycles. The Bertz CT molecular complexity index is 460. The van der Waals surface area contributed by atoms with Gasteiger partial charge in [-0.25, -0.2) is 4.98 Å². The molecule has 0 unspecified atom stereocenters. The zero-order valence-corrected chi connectivity index (χ0v) is 10.6. The molecule has 0 aliphatic rings. The fourth-order valence-electron chi connectivity index (χ4n) is 0.741. The Kier molecular flexibility index (Phi) is 3.53. The van der Waals surface area contributed by atoms with Gasteiger partial charge in [-0.05, 0) is 22.0 Å². The van der Waals surface area contributed by atoms with Crippen LogP contribution < -0.4 is 10.5 Å². The summed E-state index contributed by atoms with van der Waals surface area (Å²) in [6.07, 6.45) is 1.37. The van der Waals surface area contributed by atoms with Gasteiger partial charge in [0.25, 0.3) is 0 Å². The van der Waals surface area contributed by atoms with Crippen molar-refractivity contribution < 1.29 is 8.42 Å². The molecule has 1 heterocycles. The maximum Gasteiger partial charge on any atom is 0.302 e. The summed E-state index contributed by atoms with van der Waals surface area (Å²) in [6.45, 7) is 0. The van der Waals surface area contributed by atoms with Crippen molar-refractivity contribution in [3.8, 4) is 0 Å². The summed E-state index contributed by atoms with van der Waals surface area (Å²) in [5.41, 5.74) is 5.92. The lowest BCUT2D eigenvalue weighted by molar-refractivity contribution is 0.526. The molecule has 0 amide bonds. The molecule has 0 fully saturated rings. The number of nitrogens with zero attached hydrogens (tertiary/aromatic N) is 2. The Morgan fingerprint density at radius 2 is 2.13 bits per heavy atom. The molecule has 8 heteroatoms. The molecule has 0 atom stereocenters. The van der Waals surface area contributed by atoms with Crippen LogP contribution in [0, 0.1) is 0 Å². The van der Waals surface area contributed by atoms with Crippen LogP contribution in [0.5, 0.6) is 0 Å². The minimum absolute atomic E-state index is 0.206. The van der Waals surface area contributed by atoms with Gasteiger partial charge in [-0.15, -0.1) is 0 Å². The molecule has 0 aliphatic carbocycles. The molecule has 0 spiro atoms. The van der Waals surface area contributed by atoms with E-state index in [4.69, 9.17) is 5.73 Å². The average Bonchev–Trinajstić information content (AvgIpc) is 2.09. The van der Waals surface area contributed by atoms with Crippen LogP contribution in [-0.4, -0.2) is 31.8 Å². The summed E-state index contributed by atoms with van der Waals surface area (Å²) < 4.78 is 26.8. The molecule has 0 aliphatic heterocycles. The van der Waals surface area contributed by atoms with E-state index in [1.807, 2.05) is 0 Å². The predicted molar refractivity (Wildman–Crippen MR) is 62.6 cm³/mol. The second kappa shape index (κ2) is 4.33. The van der Waals surface area contributed by atoms with Crippen molar-refractivity contribution in [1.82, 2.24) is 9.29 Å². The number of hydrogen-bond acceptors (Lipinski definition) is 4. The first-order chi connectivity index (χ1) is 6.83. The van der Waals surface area contributed by atoms with Gasteiger partial charge in [0.15, 0.2) is 5.82 Å².